The summed E-state index contributed by atoms with van der Waals surface area (Å²) in [6.07, 6.45) is 23.4. The molecule has 1 rings (SSSR count). The second-order valence-corrected chi connectivity index (χ2v) is 9.63. The Bertz CT molecular complexity index is 826. The van der Waals surface area contributed by atoms with Gasteiger partial charge in [0.15, 0.2) is 0 Å². The van der Waals surface area contributed by atoms with Gasteiger partial charge in [-0.15, -0.1) is 0 Å². The monoisotopic (exact) mass is 533 g/mol. The van der Waals surface area contributed by atoms with Crippen LogP contribution >= 0.6 is 0 Å². The minimum atomic E-state index is -1.19. The molecule has 1 aromatic heterocycles. The van der Waals surface area contributed by atoms with E-state index in [4.69, 9.17) is 0 Å². The average Bonchev–Trinajstić information content (AvgIpc) is 3.41. The third-order valence-electron chi connectivity index (χ3n) is 6.17. The minimum Gasteiger partial charge on any atom is -0.480 e. The molecule has 0 radical (unpaired) electrons. The predicted octanol–water partition coefficient (Wildman–Crippen LogP) is 3.79. The molecule has 10 nitrogen and oxygen atoms in total. The van der Waals surface area contributed by atoms with E-state index in [-0.39, 0.29) is 25.4 Å². The zero-order valence-corrected chi connectivity index (χ0v) is 22.9. The van der Waals surface area contributed by atoms with Gasteiger partial charge in [-0.2, -0.15) is 0 Å². The Morgan fingerprint density at radius 3 is 2.03 bits per heavy atom. The molecular formula is C28H47N5O5. The molecule has 0 saturated heterocycles. The van der Waals surface area contributed by atoms with Crippen LogP contribution in [0.3, 0.4) is 0 Å². The number of allylic oxidation sites excluding steroid dienone is 2. The molecule has 10 heteroatoms. The highest BCUT2D eigenvalue weighted by atomic mass is 16.4. The lowest BCUT2D eigenvalue weighted by Crippen LogP contribution is -2.47. The van der Waals surface area contributed by atoms with E-state index in [0.717, 1.165) is 32.1 Å². The molecule has 0 fully saturated rings. The fraction of sp³-hybridized carbons (Fsp3) is 0.679. The number of nitrogens with one attached hydrogen (secondary N) is 4. The second kappa shape index (κ2) is 21.9. The van der Waals surface area contributed by atoms with Crippen LogP contribution in [0, 0.1) is 0 Å². The molecule has 0 aliphatic carbocycles. The molecule has 1 heterocycles. The molecule has 3 amide bonds. The predicted molar refractivity (Wildman–Crippen MR) is 147 cm³/mol. The number of rotatable bonds is 23. The van der Waals surface area contributed by atoms with Crippen molar-refractivity contribution in [2.24, 2.45) is 0 Å². The molecule has 0 unspecified atom stereocenters. The summed E-state index contributed by atoms with van der Waals surface area (Å²) in [6, 6.07) is -1.15. The minimum absolute atomic E-state index is 0.0431. The smallest absolute Gasteiger partial charge is 0.326 e. The van der Waals surface area contributed by atoms with Crippen LogP contribution in [-0.4, -0.2) is 57.9 Å². The van der Waals surface area contributed by atoms with Gasteiger partial charge in [0, 0.05) is 24.7 Å². The lowest BCUT2D eigenvalue weighted by molar-refractivity contribution is -0.141. The van der Waals surface area contributed by atoms with Gasteiger partial charge in [0.2, 0.25) is 17.7 Å². The van der Waals surface area contributed by atoms with Crippen molar-refractivity contribution in [3.63, 3.8) is 0 Å². The first-order chi connectivity index (χ1) is 18.4. The van der Waals surface area contributed by atoms with Gasteiger partial charge in [-0.25, -0.2) is 9.78 Å². The number of amides is 3. The fourth-order valence-corrected chi connectivity index (χ4v) is 3.93. The molecule has 214 valence electrons. The number of carbonyl (C=O) groups excluding carboxylic acids is 3. The van der Waals surface area contributed by atoms with Crippen molar-refractivity contribution in [3.8, 4) is 0 Å². The summed E-state index contributed by atoms with van der Waals surface area (Å²) >= 11 is 0. The van der Waals surface area contributed by atoms with Gasteiger partial charge in [0.05, 0.1) is 19.4 Å². The highest BCUT2D eigenvalue weighted by molar-refractivity contribution is 5.89. The number of carboxylic acids is 1. The molecule has 0 spiro atoms. The first-order valence-electron chi connectivity index (χ1n) is 14.1. The molecule has 0 saturated carbocycles. The van der Waals surface area contributed by atoms with Crippen LogP contribution < -0.4 is 16.0 Å². The number of aliphatic carboxylic acids is 1. The molecule has 0 bridgehead atoms. The number of carbonyl (C=O) groups is 4. The number of carboxylic acid groups (broad SMARTS) is 1. The highest BCUT2D eigenvalue weighted by Crippen LogP contribution is 2.10. The van der Waals surface area contributed by atoms with Crippen molar-refractivity contribution in [3.05, 3.63) is 30.4 Å². The second-order valence-electron chi connectivity index (χ2n) is 9.63. The molecule has 5 N–H and O–H groups in total. The van der Waals surface area contributed by atoms with Crippen LogP contribution in [0.4, 0.5) is 0 Å². The third-order valence-corrected chi connectivity index (χ3v) is 6.17. The van der Waals surface area contributed by atoms with E-state index in [9.17, 15) is 24.3 Å². The van der Waals surface area contributed by atoms with E-state index < -0.39 is 23.8 Å². The Balaban J connectivity index is 1.99. The third kappa shape index (κ3) is 18.1. The Morgan fingerprint density at radius 1 is 0.842 bits per heavy atom. The lowest BCUT2D eigenvalue weighted by atomic mass is 10.1. The van der Waals surface area contributed by atoms with Crippen molar-refractivity contribution in [2.45, 2.75) is 109 Å². The molecule has 1 atom stereocenters. The summed E-state index contributed by atoms with van der Waals surface area (Å²) in [6.45, 7) is 1.63. The van der Waals surface area contributed by atoms with Gasteiger partial charge in [-0.05, 0) is 32.1 Å². The Kier molecular flexibility index (Phi) is 18.9. The van der Waals surface area contributed by atoms with E-state index in [1.807, 2.05) is 0 Å². The zero-order chi connectivity index (χ0) is 27.8. The summed E-state index contributed by atoms with van der Waals surface area (Å²) in [4.78, 5) is 53.8. The van der Waals surface area contributed by atoms with Gasteiger partial charge in [-0.1, -0.05) is 70.4 Å². The number of nitrogens with zero attached hydrogens (tertiary/aromatic N) is 1. The standard InChI is InChI=1S/C28H47N5O5/c1-2-3-4-5-6-7-8-9-10-11-12-13-14-15-16-17-25(34)30-20-26(35)31-21-27(36)33-24(28(37)38)18-23-19-29-22-32-23/h9-10,19,22,24H,2-8,11-18,20-21H2,1H3,(H,29,32)(H,30,34)(H,31,35)(H,33,36)(H,37,38)/b10-9-/t24-/m0/s1. The van der Waals surface area contributed by atoms with Crippen molar-refractivity contribution in [1.29, 1.82) is 0 Å². The van der Waals surface area contributed by atoms with E-state index in [2.05, 4.69) is 45.0 Å². The number of aromatic amines is 1. The van der Waals surface area contributed by atoms with Crippen molar-refractivity contribution < 1.29 is 24.3 Å². The fourth-order valence-electron chi connectivity index (χ4n) is 3.93. The number of hydrogen-bond donors (Lipinski definition) is 5. The highest BCUT2D eigenvalue weighted by Gasteiger charge is 2.21. The average molecular weight is 534 g/mol. The van der Waals surface area contributed by atoms with E-state index in [1.165, 1.54) is 63.9 Å². The van der Waals surface area contributed by atoms with Gasteiger partial charge >= 0.3 is 5.97 Å². The number of unbranched alkanes of at least 4 members (excludes halogenated alkanes) is 11. The van der Waals surface area contributed by atoms with Crippen LogP contribution in [0.25, 0.3) is 0 Å². The Hall–Kier alpha value is -3.17. The molecule has 0 aromatic carbocycles. The normalized spacial score (nSPS) is 11.8. The van der Waals surface area contributed by atoms with Crippen molar-refractivity contribution >= 4 is 23.7 Å². The topological polar surface area (TPSA) is 153 Å². The van der Waals surface area contributed by atoms with Crippen LogP contribution in [0.15, 0.2) is 24.7 Å². The van der Waals surface area contributed by atoms with Crippen LogP contribution in [0.2, 0.25) is 0 Å². The summed E-state index contributed by atoms with van der Waals surface area (Å²) in [5.41, 5.74) is 0.565. The Morgan fingerprint density at radius 2 is 1.42 bits per heavy atom. The maximum atomic E-state index is 12.0. The summed E-state index contributed by atoms with van der Waals surface area (Å²) in [5.74, 6) is -2.54. The first-order valence-corrected chi connectivity index (χ1v) is 14.1. The summed E-state index contributed by atoms with van der Waals surface area (Å²) < 4.78 is 0. The van der Waals surface area contributed by atoms with E-state index >= 15 is 0 Å². The molecule has 0 aliphatic heterocycles. The lowest BCUT2D eigenvalue weighted by Gasteiger charge is -2.14. The van der Waals surface area contributed by atoms with Crippen molar-refractivity contribution in [1.82, 2.24) is 25.9 Å². The molecular weight excluding hydrogens is 486 g/mol. The molecule has 38 heavy (non-hydrogen) atoms. The van der Waals surface area contributed by atoms with Gasteiger partial charge in [0.25, 0.3) is 0 Å². The zero-order valence-electron chi connectivity index (χ0n) is 22.9. The maximum Gasteiger partial charge on any atom is 0.326 e. The number of imidazole rings is 1. The Labute approximate surface area is 226 Å². The first kappa shape index (κ1) is 32.9. The van der Waals surface area contributed by atoms with Gasteiger partial charge in [-0.3, -0.25) is 14.4 Å². The van der Waals surface area contributed by atoms with Crippen LogP contribution in [0.1, 0.15) is 103 Å². The number of aromatic nitrogens is 2. The molecule has 0 aliphatic rings. The van der Waals surface area contributed by atoms with Crippen molar-refractivity contribution in [2.75, 3.05) is 13.1 Å². The summed E-state index contributed by atoms with van der Waals surface area (Å²) in [7, 11) is 0. The van der Waals surface area contributed by atoms with Gasteiger partial charge in [0.1, 0.15) is 6.04 Å². The quantitative estimate of drug-likeness (QED) is 0.107. The van der Waals surface area contributed by atoms with Gasteiger partial charge < -0.3 is 26.0 Å². The largest absolute Gasteiger partial charge is 0.480 e. The van der Waals surface area contributed by atoms with E-state index in [1.54, 1.807) is 0 Å². The number of H-pyrrole nitrogens is 1. The van der Waals surface area contributed by atoms with Crippen LogP contribution in [0.5, 0.6) is 0 Å². The SMILES string of the molecule is CCCCCCCC/C=C\CCCCCCCC(=O)NCC(=O)NCC(=O)N[C@@H](Cc1cnc[nH]1)C(=O)O. The maximum absolute atomic E-state index is 12.0. The number of hydrogen-bond acceptors (Lipinski definition) is 5. The van der Waals surface area contributed by atoms with Crippen LogP contribution in [-0.2, 0) is 25.6 Å². The summed E-state index contributed by atoms with van der Waals surface area (Å²) in [5, 5.41) is 16.5. The molecule has 1 aromatic rings. The van der Waals surface area contributed by atoms with E-state index in [0.29, 0.717) is 12.1 Å².